The summed E-state index contributed by atoms with van der Waals surface area (Å²) < 4.78 is 3.14. The van der Waals surface area contributed by atoms with Gasteiger partial charge in [-0.1, -0.05) is 35.9 Å². The van der Waals surface area contributed by atoms with E-state index in [0.717, 1.165) is 0 Å². The Labute approximate surface area is 230 Å². The normalized spacial score (nSPS) is 11.6. The van der Waals surface area contributed by atoms with Gasteiger partial charge >= 0.3 is 11.9 Å². The molecule has 0 saturated heterocycles. The molecule has 0 bridgehead atoms. The minimum absolute atomic E-state index is 0.191. The molecule has 0 radical (unpaired) electrons. The van der Waals surface area contributed by atoms with Gasteiger partial charge in [0.25, 0.3) is 0 Å². The number of halogens is 1. The van der Waals surface area contributed by atoms with Gasteiger partial charge in [-0.15, -0.1) is 0 Å². The molecule has 0 spiro atoms. The molecular formula is C31H21ClN2O6. The maximum atomic E-state index is 13.6. The van der Waals surface area contributed by atoms with Crippen LogP contribution in [0.3, 0.4) is 0 Å². The lowest BCUT2D eigenvalue weighted by Gasteiger charge is -2.18. The molecule has 6 rings (SSSR count). The van der Waals surface area contributed by atoms with Crippen LogP contribution in [-0.4, -0.2) is 31.3 Å². The molecule has 4 aromatic carbocycles. The maximum absolute atomic E-state index is 13.6. The molecule has 40 heavy (non-hydrogen) atoms. The van der Waals surface area contributed by atoms with Gasteiger partial charge in [-0.3, -0.25) is 19.2 Å². The molecule has 0 unspecified atom stereocenters. The van der Waals surface area contributed by atoms with Gasteiger partial charge in [0.1, 0.15) is 13.1 Å². The number of fused-ring (bicyclic) bond motifs is 4. The molecule has 0 aliphatic rings. The van der Waals surface area contributed by atoms with E-state index in [1.165, 1.54) is 4.57 Å². The topological polar surface area (TPSA) is 119 Å². The Bertz CT molecular complexity index is 2040. The van der Waals surface area contributed by atoms with Gasteiger partial charge in [0, 0.05) is 21.5 Å². The van der Waals surface area contributed by atoms with Gasteiger partial charge in [-0.2, -0.15) is 0 Å². The third kappa shape index (κ3) is 3.92. The molecule has 0 amide bonds. The van der Waals surface area contributed by atoms with E-state index in [2.05, 4.69) is 0 Å². The number of pyridine rings is 2. The van der Waals surface area contributed by atoms with Crippen LogP contribution in [0.15, 0.2) is 82.4 Å². The average Bonchev–Trinajstić information content (AvgIpc) is 2.92. The smallest absolute Gasteiger partial charge is 0.323 e. The van der Waals surface area contributed by atoms with Crippen molar-refractivity contribution in [2.45, 2.75) is 20.0 Å². The van der Waals surface area contributed by atoms with Crippen LogP contribution in [0.1, 0.15) is 5.56 Å². The minimum atomic E-state index is -1.08. The van der Waals surface area contributed by atoms with Crippen molar-refractivity contribution in [2.24, 2.45) is 0 Å². The number of aryl methyl sites for hydroxylation is 1. The van der Waals surface area contributed by atoms with E-state index in [1.54, 1.807) is 78.2 Å². The summed E-state index contributed by atoms with van der Waals surface area (Å²) in [6, 6.07) is 20.5. The molecule has 2 aromatic heterocycles. The van der Waals surface area contributed by atoms with Crippen molar-refractivity contribution in [3.05, 3.63) is 104 Å². The second kappa shape index (κ2) is 9.36. The summed E-state index contributed by atoms with van der Waals surface area (Å²) in [6.07, 6.45) is 0. The van der Waals surface area contributed by atoms with Gasteiger partial charge in [-0.05, 0) is 72.1 Å². The zero-order valence-corrected chi connectivity index (χ0v) is 21.9. The number of para-hydroxylation sites is 2. The van der Waals surface area contributed by atoms with Gasteiger partial charge in [-0.25, -0.2) is 0 Å². The third-order valence-electron chi connectivity index (χ3n) is 7.19. The van der Waals surface area contributed by atoms with E-state index in [-0.39, 0.29) is 34.4 Å². The van der Waals surface area contributed by atoms with Gasteiger partial charge < -0.3 is 19.3 Å². The number of aliphatic carboxylic acids is 2. The minimum Gasteiger partial charge on any atom is -0.480 e. The SMILES string of the molecule is Cc1cc(-c2cc(Cl)c3c(c2)c(=O)c2ccccc2n3CC(=O)O)cc2c(=O)c3ccccc3n(CC(=O)O)c12. The third-order valence-corrected chi connectivity index (χ3v) is 7.48. The first-order valence-electron chi connectivity index (χ1n) is 12.4. The van der Waals surface area contributed by atoms with E-state index in [9.17, 15) is 29.4 Å². The summed E-state index contributed by atoms with van der Waals surface area (Å²) in [5.41, 5.74) is 3.13. The molecule has 8 nitrogen and oxygen atoms in total. The number of hydrogen-bond donors (Lipinski definition) is 2. The number of hydrogen-bond acceptors (Lipinski definition) is 4. The monoisotopic (exact) mass is 552 g/mol. The molecule has 6 aromatic rings. The largest absolute Gasteiger partial charge is 0.480 e. The molecular weight excluding hydrogens is 532 g/mol. The summed E-state index contributed by atoms with van der Waals surface area (Å²) in [5.74, 6) is -2.12. The zero-order chi connectivity index (χ0) is 28.3. The Morgan fingerprint density at radius 3 is 1.65 bits per heavy atom. The molecule has 0 saturated carbocycles. The summed E-state index contributed by atoms with van der Waals surface area (Å²) >= 11 is 6.74. The Kier molecular flexibility index (Phi) is 5.93. The molecule has 0 aliphatic heterocycles. The molecule has 0 atom stereocenters. The van der Waals surface area contributed by atoms with Gasteiger partial charge in [0.2, 0.25) is 0 Å². The van der Waals surface area contributed by atoms with Crippen molar-refractivity contribution in [3.8, 4) is 11.1 Å². The molecule has 2 heterocycles. The van der Waals surface area contributed by atoms with E-state index in [4.69, 9.17) is 11.6 Å². The lowest BCUT2D eigenvalue weighted by Crippen LogP contribution is -2.17. The van der Waals surface area contributed by atoms with Crippen molar-refractivity contribution in [1.29, 1.82) is 0 Å². The van der Waals surface area contributed by atoms with Crippen LogP contribution >= 0.6 is 11.6 Å². The van der Waals surface area contributed by atoms with E-state index in [0.29, 0.717) is 54.9 Å². The Balaban J connectivity index is 1.69. The van der Waals surface area contributed by atoms with Crippen LogP contribution in [0.5, 0.6) is 0 Å². The van der Waals surface area contributed by atoms with Crippen LogP contribution in [0, 0.1) is 6.92 Å². The number of carboxylic acids is 2. The number of nitrogens with zero attached hydrogens (tertiary/aromatic N) is 2. The first-order chi connectivity index (χ1) is 19.2. The Hall–Kier alpha value is -4.95. The standard InChI is InChI=1S/C31H21ClN2O6/c1-16-10-17(11-21-28(16)33(14-26(35)36)24-8-4-2-6-19(24)30(21)39)18-12-22-29(23(32)13-18)34(15-27(37)38)25-9-5-3-7-20(25)31(22)40/h2-13H,14-15H2,1H3,(H,35,36)(H,37,38). The lowest BCUT2D eigenvalue weighted by atomic mass is 9.96. The van der Waals surface area contributed by atoms with Crippen molar-refractivity contribution < 1.29 is 19.8 Å². The van der Waals surface area contributed by atoms with E-state index in [1.807, 2.05) is 6.07 Å². The fraction of sp³-hybridized carbons (Fsp3) is 0.0968. The van der Waals surface area contributed by atoms with Crippen LogP contribution in [-0.2, 0) is 22.7 Å². The van der Waals surface area contributed by atoms with Crippen LogP contribution in [0.4, 0.5) is 0 Å². The average molecular weight is 553 g/mol. The molecule has 0 fully saturated rings. The highest BCUT2D eigenvalue weighted by atomic mass is 35.5. The molecule has 198 valence electrons. The summed E-state index contributed by atoms with van der Waals surface area (Å²) in [5, 5.41) is 20.7. The van der Waals surface area contributed by atoms with Crippen LogP contribution < -0.4 is 10.9 Å². The lowest BCUT2D eigenvalue weighted by molar-refractivity contribution is -0.138. The predicted octanol–water partition coefficient (Wildman–Crippen LogP) is 5.42. The second-order valence-electron chi connectivity index (χ2n) is 9.70. The molecule has 0 aliphatic carbocycles. The molecule has 2 N–H and O–H groups in total. The number of carboxylic acid groups (broad SMARTS) is 2. The fourth-order valence-electron chi connectivity index (χ4n) is 5.62. The van der Waals surface area contributed by atoms with Crippen LogP contribution in [0.25, 0.3) is 54.7 Å². The van der Waals surface area contributed by atoms with E-state index >= 15 is 0 Å². The van der Waals surface area contributed by atoms with Crippen LogP contribution in [0.2, 0.25) is 5.02 Å². The number of carbonyl (C=O) groups is 2. The predicted molar refractivity (Wildman–Crippen MR) is 155 cm³/mol. The highest BCUT2D eigenvalue weighted by Gasteiger charge is 2.19. The highest BCUT2D eigenvalue weighted by molar-refractivity contribution is 6.35. The summed E-state index contributed by atoms with van der Waals surface area (Å²) in [6.45, 7) is 1.09. The van der Waals surface area contributed by atoms with Crippen molar-refractivity contribution in [1.82, 2.24) is 9.13 Å². The Morgan fingerprint density at radius 2 is 1.12 bits per heavy atom. The highest BCUT2D eigenvalue weighted by Crippen LogP contribution is 2.34. The first-order valence-corrected chi connectivity index (χ1v) is 12.8. The first kappa shape index (κ1) is 25.3. The Morgan fingerprint density at radius 1 is 0.675 bits per heavy atom. The van der Waals surface area contributed by atoms with Gasteiger partial charge in [0.15, 0.2) is 10.9 Å². The van der Waals surface area contributed by atoms with Crippen molar-refractivity contribution in [2.75, 3.05) is 0 Å². The molecule has 9 heteroatoms. The zero-order valence-electron chi connectivity index (χ0n) is 21.1. The van der Waals surface area contributed by atoms with Gasteiger partial charge in [0.05, 0.1) is 27.1 Å². The quantitative estimate of drug-likeness (QED) is 0.276. The number of aromatic nitrogens is 2. The van der Waals surface area contributed by atoms with Crippen molar-refractivity contribution in [3.63, 3.8) is 0 Å². The summed E-state index contributed by atoms with van der Waals surface area (Å²) in [7, 11) is 0. The second-order valence-corrected chi connectivity index (χ2v) is 10.1. The fourth-order valence-corrected chi connectivity index (χ4v) is 5.94. The maximum Gasteiger partial charge on any atom is 0.323 e. The van der Waals surface area contributed by atoms with E-state index < -0.39 is 11.9 Å². The summed E-state index contributed by atoms with van der Waals surface area (Å²) in [4.78, 5) is 50.6. The number of benzene rings is 4. The van der Waals surface area contributed by atoms with Crippen molar-refractivity contribution >= 4 is 67.2 Å². The number of rotatable bonds is 5.